The Balaban J connectivity index is 1.80. The molecule has 126 valence electrons. The van der Waals surface area contributed by atoms with Gasteiger partial charge in [-0.05, 0) is 68.4 Å². The number of carbonyl (C=O) groups is 1. The quantitative estimate of drug-likeness (QED) is 0.742. The smallest absolute Gasteiger partial charge is 0.410 e. The minimum atomic E-state index is -0.439. The molecule has 1 unspecified atom stereocenters. The van der Waals surface area contributed by atoms with Crippen molar-refractivity contribution in [2.24, 2.45) is 0 Å². The van der Waals surface area contributed by atoms with Gasteiger partial charge in [-0.3, -0.25) is 0 Å². The summed E-state index contributed by atoms with van der Waals surface area (Å²) in [5, 5.41) is 4.84. The van der Waals surface area contributed by atoms with Crippen molar-refractivity contribution in [3.8, 4) is 0 Å². The standard InChI is InChI=1S/C18H27N2O2P/c1-18(2,3)22-17(21)20-9-6-12-11-13-5-4-8-19-15(13)16(23)14(12)7-10-20/h11,19H,4-10,23H2,1-3H3. The van der Waals surface area contributed by atoms with Gasteiger partial charge in [0.2, 0.25) is 0 Å². The van der Waals surface area contributed by atoms with Gasteiger partial charge < -0.3 is 15.0 Å². The number of hydrogen-bond donors (Lipinski definition) is 1. The van der Waals surface area contributed by atoms with Gasteiger partial charge in [-0.1, -0.05) is 6.07 Å². The van der Waals surface area contributed by atoms with Crippen LogP contribution in [0, 0.1) is 0 Å². The average Bonchev–Trinajstić information content (AvgIpc) is 2.68. The molecule has 0 spiro atoms. The van der Waals surface area contributed by atoms with E-state index in [1.807, 2.05) is 25.7 Å². The molecule has 2 aliphatic heterocycles. The van der Waals surface area contributed by atoms with E-state index in [0.29, 0.717) is 0 Å². The molecule has 2 heterocycles. The number of fused-ring (bicyclic) bond motifs is 2. The van der Waals surface area contributed by atoms with Gasteiger partial charge >= 0.3 is 6.09 Å². The molecular formula is C18H27N2O2P. The zero-order valence-corrected chi connectivity index (χ0v) is 15.5. The van der Waals surface area contributed by atoms with Crippen molar-refractivity contribution in [2.75, 3.05) is 25.0 Å². The van der Waals surface area contributed by atoms with Crippen LogP contribution in [0.2, 0.25) is 0 Å². The van der Waals surface area contributed by atoms with Gasteiger partial charge in [0, 0.05) is 25.3 Å². The maximum absolute atomic E-state index is 12.3. The van der Waals surface area contributed by atoms with E-state index < -0.39 is 5.60 Å². The number of amides is 1. The third-order valence-electron chi connectivity index (χ3n) is 4.51. The van der Waals surface area contributed by atoms with E-state index >= 15 is 0 Å². The molecule has 1 N–H and O–H groups in total. The lowest BCUT2D eigenvalue weighted by Gasteiger charge is -2.26. The number of benzene rings is 1. The number of rotatable bonds is 0. The van der Waals surface area contributed by atoms with Crippen LogP contribution in [-0.4, -0.2) is 36.2 Å². The zero-order valence-electron chi connectivity index (χ0n) is 14.4. The highest BCUT2D eigenvalue weighted by Crippen LogP contribution is 2.28. The Bertz CT molecular complexity index is 622. The summed E-state index contributed by atoms with van der Waals surface area (Å²) in [7, 11) is 2.92. The van der Waals surface area contributed by atoms with Gasteiger partial charge in [-0.15, -0.1) is 9.24 Å². The summed E-state index contributed by atoms with van der Waals surface area (Å²) >= 11 is 0. The summed E-state index contributed by atoms with van der Waals surface area (Å²) in [4.78, 5) is 14.2. The summed E-state index contributed by atoms with van der Waals surface area (Å²) in [6.07, 6.45) is 3.94. The first kappa shape index (κ1) is 16.6. The predicted octanol–water partition coefficient (Wildman–Crippen LogP) is 2.88. The lowest BCUT2D eigenvalue weighted by Crippen LogP contribution is -2.38. The predicted molar refractivity (Wildman–Crippen MR) is 97.8 cm³/mol. The largest absolute Gasteiger partial charge is 0.444 e. The maximum atomic E-state index is 12.3. The second-order valence-electron chi connectivity index (χ2n) is 7.46. The van der Waals surface area contributed by atoms with Gasteiger partial charge in [0.25, 0.3) is 0 Å². The summed E-state index contributed by atoms with van der Waals surface area (Å²) in [6.45, 7) is 8.26. The van der Waals surface area contributed by atoms with Crippen molar-refractivity contribution in [3.63, 3.8) is 0 Å². The number of ether oxygens (including phenoxy) is 1. The number of aryl methyl sites for hydroxylation is 1. The molecule has 3 rings (SSSR count). The minimum Gasteiger partial charge on any atom is -0.444 e. The van der Waals surface area contributed by atoms with Crippen LogP contribution in [0.5, 0.6) is 0 Å². The van der Waals surface area contributed by atoms with Crippen LogP contribution in [0.4, 0.5) is 10.5 Å². The van der Waals surface area contributed by atoms with Crippen LogP contribution >= 0.6 is 9.24 Å². The van der Waals surface area contributed by atoms with E-state index in [1.165, 1.54) is 34.1 Å². The molecule has 0 aliphatic carbocycles. The Morgan fingerprint density at radius 2 is 1.96 bits per heavy atom. The molecule has 1 atom stereocenters. The molecule has 1 amide bonds. The fraction of sp³-hybridized carbons (Fsp3) is 0.611. The molecule has 0 saturated heterocycles. The van der Waals surface area contributed by atoms with Gasteiger partial charge in [0.05, 0.1) is 0 Å². The SMILES string of the molecule is CC(C)(C)OC(=O)N1CCc2cc3c(c(P)c2CC1)NCCC3. The first-order chi connectivity index (χ1) is 10.8. The van der Waals surface area contributed by atoms with Gasteiger partial charge in [-0.2, -0.15) is 0 Å². The third-order valence-corrected chi connectivity index (χ3v) is 5.15. The lowest BCUT2D eigenvalue weighted by atomic mass is 9.94. The molecule has 0 fully saturated rings. The van der Waals surface area contributed by atoms with Crippen molar-refractivity contribution in [1.82, 2.24) is 4.90 Å². The van der Waals surface area contributed by atoms with E-state index in [-0.39, 0.29) is 6.09 Å². The van der Waals surface area contributed by atoms with Crippen LogP contribution in [0.15, 0.2) is 6.07 Å². The van der Waals surface area contributed by atoms with Gasteiger partial charge in [-0.25, -0.2) is 4.79 Å². The molecule has 4 nitrogen and oxygen atoms in total. The van der Waals surface area contributed by atoms with E-state index in [9.17, 15) is 4.79 Å². The van der Waals surface area contributed by atoms with Crippen LogP contribution < -0.4 is 10.6 Å². The fourth-order valence-corrected chi connectivity index (χ4v) is 4.02. The molecule has 0 bridgehead atoms. The Morgan fingerprint density at radius 1 is 1.22 bits per heavy atom. The van der Waals surface area contributed by atoms with E-state index in [0.717, 1.165) is 38.9 Å². The van der Waals surface area contributed by atoms with Gasteiger partial charge in [0.1, 0.15) is 5.60 Å². The highest BCUT2D eigenvalue weighted by Gasteiger charge is 2.26. The summed E-state index contributed by atoms with van der Waals surface area (Å²) < 4.78 is 5.53. The number of carbonyl (C=O) groups excluding carboxylic acids is 1. The first-order valence-electron chi connectivity index (χ1n) is 8.50. The Hall–Kier alpha value is -1.28. The van der Waals surface area contributed by atoms with Crippen LogP contribution in [0.3, 0.4) is 0 Å². The molecular weight excluding hydrogens is 307 g/mol. The minimum absolute atomic E-state index is 0.196. The maximum Gasteiger partial charge on any atom is 0.410 e. The van der Waals surface area contributed by atoms with Crippen LogP contribution in [0.1, 0.15) is 43.9 Å². The summed E-state index contributed by atoms with van der Waals surface area (Å²) in [5.41, 5.74) is 5.06. The first-order valence-corrected chi connectivity index (χ1v) is 9.08. The highest BCUT2D eigenvalue weighted by molar-refractivity contribution is 7.28. The Kier molecular flexibility index (Phi) is 4.55. The molecule has 1 aromatic carbocycles. The summed E-state index contributed by atoms with van der Waals surface area (Å²) in [5.74, 6) is 0. The fourth-order valence-electron chi connectivity index (χ4n) is 3.41. The summed E-state index contributed by atoms with van der Waals surface area (Å²) in [6, 6.07) is 2.35. The van der Waals surface area contributed by atoms with Crippen molar-refractivity contribution < 1.29 is 9.53 Å². The Morgan fingerprint density at radius 3 is 2.70 bits per heavy atom. The van der Waals surface area contributed by atoms with Gasteiger partial charge in [0.15, 0.2) is 0 Å². The molecule has 0 aromatic heterocycles. The molecule has 5 heteroatoms. The second kappa shape index (κ2) is 6.32. The van der Waals surface area contributed by atoms with Crippen molar-refractivity contribution in [3.05, 3.63) is 22.8 Å². The van der Waals surface area contributed by atoms with Crippen LogP contribution in [0.25, 0.3) is 0 Å². The number of nitrogens with zero attached hydrogens (tertiary/aromatic N) is 1. The normalized spacial score (nSPS) is 17.7. The van der Waals surface area contributed by atoms with E-state index in [4.69, 9.17) is 4.74 Å². The van der Waals surface area contributed by atoms with E-state index in [1.54, 1.807) is 0 Å². The number of nitrogens with one attached hydrogen (secondary N) is 1. The second-order valence-corrected chi connectivity index (χ2v) is 8.04. The van der Waals surface area contributed by atoms with Crippen LogP contribution in [-0.2, 0) is 24.0 Å². The molecule has 0 saturated carbocycles. The number of anilines is 1. The number of hydrogen-bond acceptors (Lipinski definition) is 3. The molecule has 23 heavy (non-hydrogen) atoms. The van der Waals surface area contributed by atoms with Crippen molar-refractivity contribution >= 4 is 26.3 Å². The lowest BCUT2D eigenvalue weighted by molar-refractivity contribution is 0.0258. The average molecular weight is 334 g/mol. The third kappa shape index (κ3) is 3.63. The molecule has 2 aliphatic rings. The molecule has 0 radical (unpaired) electrons. The zero-order chi connectivity index (χ0) is 16.6. The van der Waals surface area contributed by atoms with E-state index in [2.05, 4.69) is 20.6 Å². The monoisotopic (exact) mass is 334 g/mol. The van der Waals surface area contributed by atoms with Crippen molar-refractivity contribution in [1.29, 1.82) is 0 Å². The molecule has 1 aromatic rings. The Labute approximate surface area is 141 Å². The highest BCUT2D eigenvalue weighted by atomic mass is 31.0. The topological polar surface area (TPSA) is 41.6 Å². The van der Waals surface area contributed by atoms with Crippen molar-refractivity contribution in [2.45, 2.75) is 52.1 Å².